The summed E-state index contributed by atoms with van der Waals surface area (Å²) in [5.74, 6) is 2.39. The number of furan rings is 1. The Labute approximate surface area is 275 Å². The lowest BCUT2D eigenvalue weighted by atomic mass is 9.95. The summed E-state index contributed by atoms with van der Waals surface area (Å²) in [5, 5.41) is 12.9. The van der Waals surface area contributed by atoms with E-state index in [1.807, 2.05) is 18.4 Å². The van der Waals surface area contributed by atoms with Gasteiger partial charge in [-0.15, -0.1) is 0 Å². The van der Waals surface area contributed by atoms with Gasteiger partial charge in [0.1, 0.15) is 6.04 Å². The number of thioether (sulfide) groups is 1. The second kappa shape index (κ2) is 15.1. The van der Waals surface area contributed by atoms with E-state index in [2.05, 4.69) is 26.1 Å². The first-order valence-electron chi connectivity index (χ1n) is 14.9. The van der Waals surface area contributed by atoms with Crippen LogP contribution in [0.2, 0.25) is 0 Å². The third-order valence-electron chi connectivity index (χ3n) is 7.80. The Balaban J connectivity index is 1.50. The van der Waals surface area contributed by atoms with Gasteiger partial charge in [0.25, 0.3) is 0 Å². The fourth-order valence-corrected chi connectivity index (χ4v) is 6.11. The molecule has 13 nitrogen and oxygen atoms in total. The fraction of sp³-hybridized carbons (Fsp3) is 0.364. The Morgan fingerprint density at radius 1 is 1.11 bits per heavy atom. The van der Waals surface area contributed by atoms with Crippen molar-refractivity contribution >= 4 is 29.3 Å². The lowest BCUT2D eigenvalue weighted by Gasteiger charge is -2.19. The molecular weight excluding hydrogens is 626 g/mol. The van der Waals surface area contributed by atoms with Gasteiger partial charge in [0.15, 0.2) is 17.3 Å². The lowest BCUT2D eigenvalue weighted by molar-refractivity contribution is -0.122. The van der Waals surface area contributed by atoms with Crippen LogP contribution in [0.3, 0.4) is 0 Å². The third kappa shape index (κ3) is 7.38. The van der Waals surface area contributed by atoms with E-state index in [4.69, 9.17) is 23.2 Å². The Morgan fingerprint density at radius 2 is 1.91 bits per heavy atom. The SMILES string of the molecule is COc1cc2c(c(OC)c1OC)-c1ccc(NC(CCSC)C(=O)NCc3nc(-c4ccco4)no3)c(=O)cc1C(NC(C)=O)CC2. The Kier molecular flexibility index (Phi) is 10.7. The number of ether oxygens (including phenoxy) is 3. The van der Waals surface area contributed by atoms with Crippen molar-refractivity contribution in [3.05, 3.63) is 69.9 Å². The van der Waals surface area contributed by atoms with Crippen LogP contribution in [0, 0.1) is 0 Å². The summed E-state index contributed by atoms with van der Waals surface area (Å²) in [4.78, 5) is 43.8. The van der Waals surface area contributed by atoms with Crippen LogP contribution in [0.4, 0.5) is 5.69 Å². The molecule has 0 radical (unpaired) electrons. The van der Waals surface area contributed by atoms with E-state index in [1.54, 1.807) is 44.2 Å². The molecule has 1 aliphatic rings. The molecule has 2 unspecified atom stereocenters. The van der Waals surface area contributed by atoms with E-state index >= 15 is 0 Å². The molecule has 14 heteroatoms. The first-order valence-corrected chi connectivity index (χ1v) is 16.3. The number of methoxy groups -OCH3 is 3. The monoisotopic (exact) mass is 663 g/mol. The molecule has 3 N–H and O–H groups in total. The highest BCUT2D eigenvalue weighted by molar-refractivity contribution is 7.98. The molecular formula is C33H37N5O8S. The molecule has 0 bridgehead atoms. The van der Waals surface area contributed by atoms with Crippen LogP contribution in [0.5, 0.6) is 17.2 Å². The van der Waals surface area contributed by atoms with E-state index in [0.717, 1.165) is 11.1 Å². The summed E-state index contributed by atoms with van der Waals surface area (Å²) in [6, 6.07) is 9.09. The number of benzene rings is 1. The number of hydrogen-bond donors (Lipinski definition) is 3. The quantitative estimate of drug-likeness (QED) is 0.185. The van der Waals surface area contributed by atoms with Crippen LogP contribution in [-0.2, 0) is 22.6 Å². The van der Waals surface area contributed by atoms with E-state index in [-0.39, 0.29) is 41.2 Å². The van der Waals surface area contributed by atoms with Crippen molar-refractivity contribution in [2.24, 2.45) is 0 Å². The molecule has 0 spiro atoms. The van der Waals surface area contributed by atoms with Gasteiger partial charge in [-0.2, -0.15) is 16.7 Å². The van der Waals surface area contributed by atoms with Crippen molar-refractivity contribution in [3.63, 3.8) is 0 Å². The van der Waals surface area contributed by atoms with Gasteiger partial charge in [0, 0.05) is 12.5 Å². The Bertz CT molecular complexity index is 1790. The number of aromatic nitrogens is 2. The van der Waals surface area contributed by atoms with Gasteiger partial charge in [-0.25, -0.2) is 0 Å². The van der Waals surface area contributed by atoms with Crippen LogP contribution >= 0.6 is 11.8 Å². The van der Waals surface area contributed by atoms with Gasteiger partial charge in [0.2, 0.25) is 34.7 Å². The molecule has 0 saturated heterocycles. The maximum atomic E-state index is 13.8. The van der Waals surface area contributed by atoms with Crippen molar-refractivity contribution in [2.45, 2.75) is 44.8 Å². The van der Waals surface area contributed by atoms with Gasteiger partial charge in [-0.3, -0.25) is 14.4 Å². The molecule has 47 heavy (non-hydrogen) atoms. The van der Waals surface area contributed by atoms with Crippen LogP contribution in [0.15, 0.2) is 56.4 Å². The van der Waals surface area contributed by atoms with E-state index in [0.29, 0.717) is 59.2 Å². The molecule has 248 valence electrons. The molecule has 2 amide bonds. The van der Waals surface area contributed by atoms with Crippen LogP contribution in [-0.4, -0.2) is 61.3 Å². The topological polar surface area (TPSA) is 167 Å². The molecule has 5 rings (SSSR count). The number of nitrogens with one attached hydrogen (secondary N) is 3. The average molecular weight is 664 g/mol. The zero-order chi connectivity index (χ0) is 33.5. The second-order valence-electron chi connectivity index (χ2n) is 10.8. The van der Waals surface area contributed by atoms with Crippen molar-refractivity contribution in [3.8, 4) is 40.0 Å². The summed E-state index contributed by atoms with van der Waals surface area (Å²) in [6.07, 6.45) is 4.99. The highest BCUT2D eigenvalue weighted by Crippen LogP contribution is 2.50. The molecule has 4 aromatic rings. The number of fused-ring (bicyclic) bond motifs is 3. The predicted molar refractivity (Wildman–Crippen MR) is 177 cm³/mol. The highest BCUT2D eigenvalue weighted by atomic mass is 32.2. The summed E-state index contributed by atoms with van der Waals surface area (Å²) in [7, 11) is 4.63. The molecule has 2 heterocycles. The number of amides is 2. The minimum Gasteiger partial charge on any atom is -0.493 e. The van der Waals surface area contributed by atoms with Crippen LogP contribution in [0.25, 0.3) is 22.7 Å². The maximum Gasteiger partial charge on any atom is 0.246 e. The number of nitrogens with zero attached hydrogens (tertiary/aromatic N) is 2. The molecule has 2 atom stereocenters. The number of anilines is 1. The van der Waals surface area contributed by atoms with Crippen LogP contribution in [0.1, 0.15) is 42.8 Å². The van der Waals surface area contributed by atoms with Crippen molar-refractivity contribution in [1.29, 1.82) is 0 Å². The molecule has 1 aliphatic carbocycles. The van der Waals surface area contributed by atoms with Crippen molar-refractivity contribution in [2.75, 3.05) is 38.7 Å². The largest absolute Gasteiger partial charge is 0.493 e. The van der Waals surface area contributed by atoms with Gasteiger partial charge >= 0.3 is 0 Å². The predicted octanol–water partition coefficient (Wildman–Crippen LogP) is 4.36. The van der Waals surface area contributed by atoms with E-state index in [1.165, 1.54) is 26.4 Å². The summed E-state index contributed by atoms with van der Waals surface area (Å²) in [6.45, 7) is 1.44. The molecule has 2 aromatic heterocycles. The van der Waals surface area contributed by atoms with Gasteiger partial charge in [-0.05, 0) is 78.3 Å². The molecule has 0 aliphatic heterocycles. The maximum absolute atomic E-state index is 13.8. The number of carbonyl (C=O) groups excluding carboxylic acids is 2. The first-order chi connectivity index (χ1) is 22.8. The zero-order valence-electron chi connectivity index (χ0n) is 26.8. The van der Waals surface area contributed by atoms with Gasteiger partial charge in [0.05, 0.1) is 45.9 Å². The highest BCUT2D eigenvalue weighted by Gasteiger charge is 2.30. The summed E-state index contributed by atoms with van der Waals surface area (Å²) < 4.78 is 27.7. The second-order valence-corrected chi connectivity index (χ2v) is 11.8. The zero-order valence-corrected chi connectivity index (χ0v) is 27.6. The average Bonchev–Trinajstić information content (AvgIpc) is 3.72. The van der Waals surface area contributed by atoms with Gasteiger partial charge < -0.3 is 39.1 Å². The first kappa shape index (κ1) is 33.4. The molecule has 0 saturated carbocycles. The molecule has 2 aromatic carbocycles. The third-order valence-corrected chi connectivity index (χ3v) is 8.44. The normalized spacial score (nSPS) is 14.2. The van der Waals surface area contributed by atoms with E-state index in [9.17, 15) is 14.4 Å². The van der Waals surface area contributed by atoms with Crippen molar-refractivity contribution in [1.82, 2.24) is 20.8 Å². The van der Waals surface area contributed by atoms with Gasteiger partial charge in [-0.1, -0.05) is 11.2 Å². The minimum atomic E-state index is -0.748. The minimum absolute atomic E-state index is 0.00858. The fourth-order valence-electron chi connectivity index (χ4n) is 5.64. The molecule has 0 fully saturated rings. The number of rotatable bonds is 13. The number of carbonyl (C=O) groups is 2. The summed E-state index contributed by atoms with van der Waals surface area (Å²) in [5.41, 5.74) is 2.84. The lowest BCUT2D eigenvalue weighted by Crippen LogP contribution is -2.40. The Hall–Kier alpha value is -4.98. The number of aryl methyl sites for hydroxylation is 1. The summed E-state index contributed by atoms with van der Waals surface area (Å²) >= 11 is 1.58. The van der Waals surface area contributed by atoms with E-state index < -0.39 is 12.1 Å². The smallest absolute Gasteiger partial charge is 0.246 e. The van der Waals surface area contributed by atoms with Crippen LogP contribution < -0.4 is 35.6 Å². The van der Waals surface area contributed by atoms with Crippen molar-refractivity contribution < 1.29 is 32.7 Å². The Morgan fingerprint density at radius 3 is 2.60 bits per heavy atom. The standard InChI is InChI=1S/C33H37N5O8S/c1-18(39)35-22-10-8-19-15-27(42-2)30(43-3)31(44-4)29(19)20-9-11-23(25(40)16-21(20)22)36-24(12-14-47-5)33(41)34-17-28-37-32(38-46-28)26-7-6-13-45-26/h6-7,9,11,13,15-16,22,24H,8,10,12,14,17H2,1-5H3,(H,34,41)(H,35,39)(H,36,40). The number of hydrogen-bond acceptors (Lipinski definition) is 12.